The zero-order valence-electron chi connectivity index (χ0n) is 15.1. The number of carbonyl (C=O) groups is 2. The molecule has 1 heterocycles. The highest BCUT2D eigenvalue weighted by atomic mass is 16.2. The molecule has 0 fully saturated rings. The van der Waals surface area contributed by atoms with Crippen LogP contribution in [0.3, 0.4) is 0 Å². The summed E-state index contributed by atoms with van der Waals surface area (Å²) in [6.07, 6.45) is 0.321. The number of benzene rings is 3. The smallest absolute Gasteiger partial charge is 0.251 e. The van der Waals surface area contributed by atoms with Gasteiger partial charge < -0.3 is 10.6 Å². The lowest BCUT2D eigenvalue weighted by atomic mass is 9.96. The van der Waals surface area contributed by atoms with Crippen LogP contribution in [0.15, 0.2) is 66.7 Å². The van der Waals surface area contributed by atoms with Gasteiger partial charge in [0.15, 0.2) is 0 Å². The maximum atomic E-state index is 12.3. The lowest BCUT2D eigenvalue weighted by Gasteiger charge is -2.09. The summed E-state index contributed by atoms with van der Waals surface area (Å²) in [5.74, 6) is -0.0555. The normalized spacial score (nSPS) is 12.4. The van der Waals surface area contributed by atoms with Crippen molar-refractivity contribution in [2.75, 3.05) is 5.32 Å². The van der Waals surface area contributed by atoms with E-state index in [4.69, 9.17) is 0 Å². The van der Waals surface area contributed by atoms with E-state index in [1.54, 1.807) is 0 Å². The van der Waals surface area contributed by atoms with Gasteiger partial charge in [-0.2, -0.15) is 0 Å². The second-order valence-corrected chi connectivity index (χ2v) is 6.81. The molecule has 1 aliphatic rings. The van der Waals surface area contributed by atoms with Crippen LogP contribution in [0.4, 0.5) is 5.69 Å². The van der Waals surface area contributed by atoms with Gasteiger partial charge >= 0.3 is 0 Å². The highest BCUT2D eigenvalue weighted by Gasteiger charge is 2.21. The lowest BCUT2D eigenvalue weighted by Crippen LogP contribution is -2.14. The SMILES string of the molecule is Cc1cccc(NC(=O)Cc2ccc(-c3cccc4c3CNC4=O)cc2)c1. The Hall–Kier alpha value is -3.40. The van der Waals surface area contributed by atoms with Crippen molar-refractivity contribution in [2.24, 2.45) is 0 Å². The third kappa shape index (κ3) is 3.60. The molecule has 27 heavy (non-hydrogen) atoms. The molecule has 0 radical (unpaired) electrons. The average Bonchev–Trinajstić information content (AvgIpc) is 3.04. The topological polar surface area (TPSA) is 58.2 Å². The van der Waals surface area contributed by atoms with Crippen LogP contribution < -0.4 is 10.6 Å². The van der Waals surface area contributed by atoms with Gasteiger partial charge in [0, 0.05) is 17.8 Å². The first-order chi connectivity index (χ1) is 13.1. The molecule has 4 nitrogen and oxygen atoms in total. The fourth-order valence-corrected chi connectivity index (χ4v) is 3.44. The number of amides is 2. The maximum Gasteiger partial charge on any atom is 0.251 e. The highest BCUT2D eigenvalue weighted by Crippen LogP contribution is 2.29. The van der Waals surface area contributed by atoms with E-state index in [1.807, 2.05) is 73.7 Å². The molecule has 2 N–H and O–H groups in total. The predicted molar refractivity (Wildman–Crippen MR) is 107 cm³/mol. The van der Waals surface area contributed by atoms with Gasteiger partial charge in [0.2, 0.25) is 5.91 Å². The highest BCUT2D eigenvalue weighted by molar-refractivity contribution is 6.00. The molecule has 4 heteroatoms. The van der Waals surface area contributed by atoms with Crippen molar-refractivity contribution in [1.29, 1.82) is 0 Å². The first-order valence-electron chi connectivity index (χ1n) is 8.96. The monoisotopic (exact) mass is 356 g/mol. The van der Waals surface area contributed by atoms with E-state index in [0.29, 0.717) is 13.0 Å². The molecule has 0 saturated carbocycles. The molecule has 0 aromatic heterocycles. The van der Waals surface area contributed by atoms with Gasteiger partial charge in [-0.15, -0.1) is 0 Å². The van der Waals surface area contributed by atoms with Gasteiger partial charge in [-0.1, -0.05) is 48.5 Å². The van der Waals surface area contributed by atoms with Gasteiger partial charge in [0.25, 0.3) is 5.91 Å². The lowest BCUT2D eigenvalue weighted by molar-refractivity contribution is -0.115. The van der Waals surface area contributed by atoms with Crippen molar-refractivity contribution < 1.29 is 9.59 Å². The standard InChI is InChI=1S/C23H20N2O2/c1-15-4-2-5-18(12-15)25-22(26)13-16-8-10-17(11-9-16)19-6-3-7-20-21(19)14-24-23(20)27/h2-12H,13-14H2,1H3,(H,24,27)(H,25,26). The summed E-state index contributed by atoms with van der Waals surface area (Å²) in [5.41, 5.74) is 6.76. The molecule has 4 rings (SSSR count). The molecule has 0 bridgehead atoms. The van der Waals surface area contributed by atoms with Crippen molar-refractivity contribution >= 4 is 17.5 Å². The van der Waals surface area contributed by atoms with Crippen molar-refractivity contribution in [3.63, 3.8) is 0 Å². The van der Waals surface area contributed by atoms with E-state index < -0.39 is 0 Å². The van der Waals surface area contributed by atoms with Crippen LogP contribution in [-0.2, 0) is 17.8 Å². The minimum Gasteiger partial charge on any atom is -0.348 e. The fraction of sp³-hybridized carbons (Fsp3) is 0.130. The Labute approximate surface area is 158 Å². The van der Waals surface area contributed by atoms with Crippen LogP contribution in [0.2, 0.25) is 0 Å². The van der Waals surface area contributed by atoms with Crippen LogP contribution in [0.1, 0.15) is 27.0 Å². The molecule has 2 amide bonds. The number of carbonyl (C=O) groups excluding carboxylic acids is 2. The maximum absolute atomic E-state index is 12.3. The van der Waals surface area contributed by atoms with E-state index >= 15 is 0 Å². The Morgan fingerprint density at radius 2 is 1.74 bits per heavy atom. The van der Waals surface area contributed by atoms with Crippen molar-refractivity contribution in [3.05, 3.63) is 89.0 Å². The van der Waals surface area contributed by atoms with Gasteiger partial charge in [-0.25, -0.2) is 0 Å². The van der Waals surface area contributed by atoms with Gasteiger partial charge in [-0.05, 0) is 52.9 Å². The van der Waals surface area contributed by atoms with E-state index in [1.165, 1.54) is 0 Å². The minimum absolute atomic E-state index is 0.0173. The van der Waals surface area contributed by atoms with E-state index in [-0.39, 0.29) is 11.8 Å². The largest absolute Gasteiger partial charge is 0.348 e. The summed E-state index contributed by atoms with van der Waals surface area (Å²) in [6, 6.07) is 21.5. The molecule has 0 spiro atoms. The molecule has 0 atom stereocenters. The number of rotatable bonds is 4. The zero-order chi connectivity index (χ0) is 18.8. The van der Waals surface area contributed by atoms with Crippen LogP contribution in [0.5, 0.6) is 0 Å². The minimum atomic E-state index is -0.0382. The zero-order valence-corrected chi connectivity index (χ0v) is 15.1. The van der Waals surface area contributed by atoms with E-state index in [0.717, 1.165) is 39.1 Å². The van der Waals surface area contributed by atoms with Crippen LogP contribution in [0, 0.1) is 6.92 Å². The first kappa shape index (κ1) is 17.0. The Morgan fingerprint density at radius 1 is 1.00 bits per heavy atom. The van der Waals surface area contributed by atoms with Crippen molar-refractivity contribution in [1.82, 2.24) is 5.32 Å². The van der Waals surface area contributed by atoms with Crippen LogP contribution in [0.25, 0.3) is 11.1 Å². The number of nitrogens with one attached hydrogen (secondary N) is 2. The molecule has 0 unspecified atom stereocenters. The molecule has 0 aliphatic carbocycles. The van der Waals surface area contributed by atoms with E-state index in [2.05, 4.69) is 10.6 Å². The summed E-state index contributed by atoms with van der Waals surface area (Å²) in [6.45, 7) is 2.56. The second-order valence-electron chi connectivity index (χ2n) is 6.81. The third-order valence-electron chi connectivity index (χ3n) is 4.78. The number of hydrogen-bond acceptors (Lipinski definition) is 2. The first-order valence-corrected chi connectivity index (χ1v) is 8.96. The predicted octanol–water partition coefficient (Wildman–Crippen LogP) is 4.09. The van der Waals surface area contributed by atoms with E-state index in [9.17, 15) is 9.59 Å². The molecule has 0 saturated heterocycles. The summed E-state index contributed by atoms with van der Waals surface area (Å²) in [4.78, 5) is 24.1. The Kier molecular flexibility index (Phi) is 4.47. The van der Waals surface area contributed by atoms with Gasteiger partial charge in [0.1, 0.15) is 0 Å². The number of hydrogen-bond donors (Lipinski definition) is 2. The van der Waals surface area contributed by atoms with Crippen molar-refractivity contribution in [2.45, 2.75) is 19.9 Å². The summed E-state index contributed by atoms with van der Waals surface area (Å²) in [7, 11) is 0. The Morgan fingerprint density at radius 3 is 2.52 bits per heavy atom. The third-order valence-corrected chi connectivity index (χ3v) is 4.78. The Balaban J connectivity index is 1.48. The van der Waals surface area contributed by atoms with Gasteiger partial charge in [-0.3, -0.25) is 9.59 Å². The van der Waals surface area contributed by atoms with Crippen LogP contribution >= 0.6 is 0 Å². The quantitative estimate of drug-likeness (QED) is 0.740. The second kappa shape index (κ2) is 7.08. The molecular weight excluding hydrogens is 336 g/mol. The van der Waals surface area contributed by atoms with Crippen molar-refractivity contribution in [3.8, 4) is 11.1 Å². The summed E-state index contributed by atoms with van der Waals surface area (Å²) < 4.78 is 0. The fourth-order valence-electron chi connectivity index (χ4n) is 3.44. The number of aryl methyl sites for hydroxylation is 1. The van der Waals surface area contributed by atoms with Crippen LogP contribution in [-0.4, -0.2) is 11.8 Å². The molecule has 3 aromatic carbocycles. The summed E-state index contributed by atoms with van der Waals surface area (Å²) in [5, 5.41) is 5.80. The molecule has 134 valence electrons. The average molecular weight is 356 g/mol. The van der Waals surface area contributed by atoms with Gasteiger partial charge in [0.05, 0.1) is 6.42 Å². The number of anilines is 1. The summed E-state index contributed by atoms with van der Waals surface area (Å²) >= 11 is 0. The molecular formula is C23H20N2O2. The Bertz CT molecular complexity index is 1020. The molecule has 3 aromatic rings. The molecule has 1 aliphatic heterocycles. The number of fused-ring (bicyclic) bond motifs is 1.